The molecule has 0 amide bonds. The quantitative estimate of drug-likeness (QED) is 0.840. The maximum Gasteiger partial charge on any atom is 0.335 e. The van der Waals surface area contributed by atoms with E-state index >= 15 is 0 Å². The van der Waals surface area contributed by atoms with Crippen molar-refractivity contribution in [3.05, 3.63) is 53.5 Å². The summed E-state index contributed by atoms with van der Waals surface area (Å²) >= 11 is 1.60. The van der Waals surface area contributed by atoms with Gasteiger partial charge in [-0.3, -0.25) is 0 Å². The van der Waals surface area contributed by atoms with E-state index in [1.54, 1.807) is 37.3 Å². The summed E-state index contributed by atoms with van der Waals surface area (Å²) < 4.78 is 4.98. The number of carboxylic acids is 1. The van der Waals surface area contributed by atoms with Crippen molar-refractivity contribution < 1.29 is 14.3 Å². The monoisotopic (exact) mass is 248 g/mol. The molecule has 0 atom stereocenters. The fourth-order valence-electron chi connectivity index (χ4n) is 1.46. The fourth-order valence-corrected chi connectivity index (χ4v) is 2.33. The lowest BCUT2D eigenvalue weighted by atomic mass is 10.1. The molecule has 3 nitrogen and oxygen atoms in total. The van der Waals surface area contributed by atoms with Gasteiger partial charge in [-0.2, -0.15) is 0 Å². The van der Waals surface area contributed by atoms with Gasteiger partial charge in [-0.1, -0.05) is 6.07 Å². The molecular weight excluding hydrogens is 236 g/mol. The van der Waals surface area contributed by atoms with E-state index in [1.807, 2.05) is 18.2 Å². The fraction of sp³-hybridized carbons (Fsp3) is 0.154. The summed E-state index contributed by atoms with van der Waals surface area (Å²) in [6, 6.07) is 7.38. The Hall–Kier alpha value is -1.68. The molecule has 0 unspecified atom stereocenters. The number of thioether (sulfide) groups is 1. The van der Waals surface area contributed by atoms with Crippen molar-refractivity contribution in [2.75, 3.05) is 0 Å². The van der Waals surface area contributed by atoms with E-state index in [2.05, 4.69) is 0 Å². The number of carboxylic acid groups (broad SMARTS) is 1. The largest absolute Gasteiger partial charge is 0.478 e. The van der Waals surface area contributed by atoms with Crippen molar-refractivity contribution in [1.82, 2.24) is 0 Å². The van der Waals surface area contributed by atoms with Crippen LogP contribution in [0.4, 0.5) is 0 Å². The van der Waals surface area contributed by atoms with Gasteiger partial charge in [-0.15, -0.1) is 11.8 Å². The third-order valence-corrected chi connectivity index (χ3v) is 3.49. The minimum atomic E-state index is -0.881. The van der Waals surface area contributed by atoms with E-state index in [4.69, 9.17) is 9.52 Å². The van der Waals surface area contributed by atoms with Crippen molar-refractivity contribution in [2.45, 2.75) is 17.6 Å². The average Bonchev–Trinajstić information content (AvgIpc) is 2.80. The molecule has 1 N–H and O–H groups in total. The Morgan fingerprint density at radius 3 is 2.88 bits per heavy atom. The van der Waals surface area contributed by atoms with Crippen molar-refractivity contribution in [1.29, 1.82) is 0 Å². The number of rotatable bonds is 4. The minimum Gasteiger partial charge on any atom is -0.478 e. The van der Waals surface area contributed by atoms with Crippen LogP contribution in [0.1, 0.15) is 21.5 Å². The molecule has 0 spiro atoms. The van der Waals surface area contributed by atoms with Crippen LogP contribution in [0.2, 0.25) is 0 Å². The SMILES string of the molecule is Cc1ccc(SCc2ccoc2)cc1C(=O)O. The third kappa shape index (κ3) is 2.91. The van der Waals surface area contributed by atoms with Gasteiger partial charge in [0.2, 0.25) is 0 Å². The Balaban J connectivity index is 2.11. The van der Waals surface area contributed by atoms with E-state index in [1.165, 1.54) is 0 Å². The van der Waals surface area contributed by atoms with Crippen LogP contribution in [0, 0.1) is 6.92 Å². The van der Waals surface area contributed by atoms with E-state index in [9.17, 15) is 4.79 Å². The number of benzene rings is 1. The van der Waals surface area contributed by atoms with E-state index in [0.717, 1.165) is 21.8 Å². The van der Waals surface area contributed by atoms with Crippen molar-refractivity contribution in [3.8, 4) is 0 Å². The Labute approximate surface area is 103 Å². The van der Waals surface area contributed by atoms with Crippen LogP contribution in [0.25, 0.3) is 0 Å². The predicted molar refractivity (Wildman–Crippen MR) is 66.4 cm³/mol. The highest BCUT2D eigenvalue weighted by molar-refractivity contribution is 7.98. The van der Waals surface area contributed by atoms with Crippen LogP contribution in [-0.2, 0) is 5.75 Å². The Kier molecular flexibility index (Phi) is 3.54. The predicted octanol–water partition coefficient (Wildman–Crippen LogP) is 3.58. The Bertz CT molecular complexity index is 517. The molecule has 0 aliphatic heterocycles. The zero-order valence-electron chi connectivity index (χ0n) is 9.34. The van der Waals surface area contributed by atoms with Crippen molar-refractivity contribution in [3.63, 3.8) is 0 Å². The highest BCUT2D eigenvalue weighted by Gasteiger charge is 2.08. The molecule has 0 bridgehead atoms. The van der Waals surface area contributed by atoms with Gasteiger partial charge < -0.3 is 9.52 Å². The number of furan rings is 1. The second kappa shape index (κ2) is 5.10. The normalized spacial score (nSPS) is 10.4. The number of aromatic carboxylic acids is 1. The Morgan fingerprint density at radius 1 is 1.41 bits per heavy atom. The highest BCUT2D eigenvalue weighted by atomic mass is 32.2. The van der Waals surface area contributed by atoms with Crippen LogP contribution in [0.5, 0.6) is 0 Å². The molecular formula is C13H12O3S. The van der Waals surface area contributed by atoms with Crippen LogP contribution < -0.4 is 0 Å². The second-order valence-electron chi connectivity index (χ2n) is 3.70. The highest BCUT2D eigenvalue weighted by Crippen LogP contribution is 2.25. The summed E-state index contributed by atoms with van der Waals surface area (Å²) in [7, 11) is 0. The first kappa shape index (κ1) is 11.8. The van der Waals surface area contributed by atoms with Gasteiger partial charge in [-0.25, -0.2) is 4.79 Å². The zero-order chi connectivity index (χ0) is 12.3. The molecule has 0 fully saturated rings. The minimum absolute atomic E-state index is 0.363. The molecule has 1 aromatic heterocycles. The first-order valence-corrected chi connectivity index (χ1v) is 6.13. The average molecular weight is 248 g/mol. The molecule has 2 rings (SSSR count). The number of hydrogen-bond acceptors (Lipinski definition) is 3. The molecule has 1 heterocycles. The summed E-state index contributed by atoms with van der Waals surface area (Å²) in [5.41, 5.74) is 2.24. The van der Waals surface area contributed by atoms with E-state index in [-0.39, 0.29) is 0 Å². The smallest absolute Gasteiger partial charge is 0.335 e. The molecule has 0 saturated heterocycles. The second-order valence-corrected chi connectivity index (χ2v) is 4.75. The summed E-state index contributed by atoms with van der Waals surface area (Å²) in [6.45, 7) is 1.80. The lowest BCUT2D eigenvalue weighted by molar-refractivity contribution is 0.0696. The molecule has 1 aromatic carbocycles. The molecule has 0 aliphatic carbocycles. The van der Waals surface area contributed by atoms with Gasteiger partial charge in [0.15, 0.2) is 0 Å². The summed E-state index contributed by atoms with van der Waals surface area (Å²) in [5.74, 6) is -0.105. The maximum atomic E-state index is 11.0. The van der Waals surface area contributed by atoms with Crippen LogP contribution in [0.15, 0.2) is 46.1 Å². The molecule has 2 aromatic rings. The maximum absolute atomic E-state index is 11.0. The number of hydrogen-bond donors (Lipinski definition) is 1. The lowest BCUT2D eigenvalue weighted by Crippen LogP contribution is -1.99. The van der Waals surface area contributed by atoms with Crippen LogP contribution in [-0.4, -0.2) is 11.1 Å². The summed E-state index contributed by atoms with van der Waals surface area (Å²) in [5, 5.41) is 9.02. The van der Waals surface area contributed by atoms with Crippen LogP contribution >= 0.6 is 11.8 Å². The van der Waals surface area contributed by atoms with Gasteiger partial charge in [0.1, 0.15) is 0 Å². The third-order valence-electron chi connectivity index (χ3n) is 2.43. The van der Waals surface area contributed by atoms with Gasteiger partial charge >= 0.3 is 5.97 Å². The molecule has 88 valence electrons. The van der Waals surface area contributed by atoms with Gasteiger partial charge in [0.05, 0.1) is 18.1 Å². The molecule has 4 heteroatoms. The first-order chi connectivity index (χ1) is 8.16. The van der Waals surface area contributed by atoms with E-state index < -0.39 is 5.97 Å². The summed E-state index contributed by atoms with van der Waals surface area (Å²) in [6.07, 6.45) is 3.33. The van der Waals surface area contributed by atoms with Gasteiger partial charge in [0.25, 0.3) is 0 Å². The van der Waals surface area contributed by atoms with Crippen molar-refractivity contribution in [2.24, 2.45) is 0 Å². The standard InChI is InChI=1S/C13H12O3S/c1-9-2-3-11(6-12(9)13(14)15)17-8-10-4-5-16-7-10/h2-7H,8H2,1H3,(H,14,15). The first-order valence-electron chi connectivity index (χ1n) is 5.14. The lowest BCUT2D eigenvalue weighted by Gasteiger charge is -2.04. The number of carbonyl (C=O) groups is 1. The van der Waals surface area contributed by atoms with E-state index in [0.29, 0.717) is 5.56 Å². The molecule has 0 aliphatic rings. The number of aryl methyl sites for hydroxylation is 1. The zero-order valence-corrected chi connectivity index (χ0v) is 10.2. The topological polar surface area (TPSA) is 50.4 Å². The van der Waals surface area contributed by atoms with Crippen molar-refractivity contribution >= 4 is 17.7 Å². The molecule has 0 radical (unpaired) electrons. The molecule has 0 saturated carbocycles. The molecule has 17 heavy (non-hydrogen) atoms. The van der Waals surface area contributed by atoms with Gasteiger partial charge in [0, 0.05) is 16.2 Å². The van der Waals surface area contributed by atoms with Gasteiger partial charge in [-0.05, 0) is 30.7 Å². The summed E-state index contributed by atoms with van der Waals surface area (Å²) in [4.78, 5) is 11.9. The van der Waals surface area contributed by atoms with Crippen LogP contribution in [0.3, 0.4) is 0 Å². The Morgan fingerprint density at radius 2 is 2.24 bits per heavy atom.